The Morgan fingerprint density at radius 1 is 1.42 bits per heavy atom. The molecule has 0 aromatic rings. The molecule has 0 aromatic heterocycles. The van der Waals surface area contributed by atoms with Crippen LogP contribution >= 0.6 is 0 Å². The summed E-state index contributed by atoms with van der Waals surface area (Å²) in [5, 5.41) is 21.2. The zero-order valence-corrected chi connectivity index (χ0v) is 11.3. The predicted octanol–water partition coefficient (Wildman–Crippen LogP) is 0.731. The summed E-state index contributed by atoms with van der Waals surface area (Å²) in [5.74, 6) is -0.555. The highest BCUT2D eigenvalue weighted by molar-refractivity contribution is 5.88. The van der Waals surface area contributed by atoms with Gasteiger partial charge in [0.05, 0.1) is 12.5 Å². The molecule has 0 heterocycles. The number of hydrogen-bond acceptors (Lipinski definition) is 5. The molecular formula is C14H20O5. The molecule has 19 heavy (non-hydrogen) atoms. The van der Waals surface area contributed by atoms with E-state index in [1.54, 1.807) is 6.92 Å². The van der Waals surface area contributed by atoms with Gasteiger partial charge in [-0.3, -0.25) is 4.79 Å². The Morgan fingerprint density at radius 3 is 2.74 bits per heavy atom. The lowest BCUT2D eigenvalue weighted by Crippen LogP contribution is -2.63. The Morgan fingerprint density at radius 2 is 2.11 bits per heavy atom. The van der Waals surface area contributed by atoms with Crippen LogP contribution in [0.2, 0.25) is 0 Å². The number of esters is 1. The summed E-state index contributed by atoms with van der Waals surface area (Å²) in [6.07, 6.45) is 2.28. The number of aliphatic hydroxyl groups is 2. The first kappa shape index (κ1) is 14.2. The maximum Gasteiger partial charge on any atom is 0.330 e. The molecule has 2 saturated carbocycles. The first-order valence-electron chi connectivity index (χ1n) is 6.57. The molecule has 0 spiro atoms. The minimum absolute atomic E-state index is 0.00239. The Kier molecular flexibility index (Phi) is 3.53. The number of rotatable bonds is 1. The molecule has 0 radical (unpaired) electrons. The summed E-state index contributed by atoms with van der Waals surface area (Å²) in [6.45, 7) is 1.71. The topological polar surface area (TPSA) is 83.8 Å². The Labute approximate surface area is 112 Å². The standard InChI is InChI=1S/C14H20O5/c1-13-7-5-9(8-11(16)19-2)12(17)14(13,18)6-3-4-10(13)15/h8,12,17-18H,3-7H2,1-2H3/b9-8+/t12-,13-,14+/m1/s1. The third-order valence-electron chi connectivity index (χ3n) is 4.75. The van der Waals surface area contributed by atoms with Gasteiger partial charge in [0.15, 0.2) is 0 Å². The van der Waals surface area contributed by atoms with E-state index >= 15 is 0 Å². The van der Waals surface area contributed by atoms with Crippen LogP contribution in [0.25, 0.3) is 0 Å². The Hall–Kier alpha value is -1.20. The first-order chi connectivity index (χ1) is 8.85. The summed E-state index contributed by atoms with van der Waals surface area (Å²) in [6, 6.07) is 0. The molecule has 5 nitrogen and oxygen atoms in total. The van der Waals surface area contributed by atoms with E-state index < -0.39 is 23.1 Å². The van der Waals surface area contributed by atoms with Crippen molar-refractivity contribution in [3.8, 4) is 0 Å². The van der Waals surface area contributed by atoms with E-state index in [4.69, 9.17) is 0 Å². The third-order valence-corrected chi connectivity index (χ3v) is 4.75. The number of carbonyl (C=O) groups is 2. The maximum absolute atomic E-state index is 12.1. The molecule has 2 fully saturated rings. The number of carbonyl (C=O) groups excluding carboxylic acids is 2. The van der Waals surface area contributed by atoms with Crippen LogP contribution in [0.3, 0.4) is 0 Å². The van der Waals surface area contributed by atoms with E-state index in [0.717, 1.165) is 0 Å². The second kappa shape index (κ2) is 4.72. The molecule has 106 valence electrons. The van der Waals surface area contributed by atoms with Crippen LogP contribution in [0, 0.1) is 5.41 Å². The molecule has 0 aliphatic heterocycles. The van der Waals surface area contributed by atoms with Crippen molar-refractivity contribution in [2.75, 3.05) is 7.11 Å². The Balaban J connectivity index is 2.36. The van der Waals surface area contributed by atoms with Crippen LogP contribution in [0.5, 0.6) is 0 Å². The Bertz CT molecular complexity index is 441. The van der Waals surface area contributed by atoms with E-state index in [-0.39, 0.29) is 5.78 Å². The van der Waals surface area contributed by atoms with Crippen LogP contribution in [0.15, 0.2) is 11.6 Å². The number of methoxy groups -OCH3 is 1. The van der Waals surface area contributed by atoms with Gasteiger partial charge in [0.1, 0.15) is 17.5 Å². The zero-order valence-electron chi connectivity index (χ0n) is 11.3. The fourth-order valence-corrected chi connectivity index (χ4v) is 3.31. The number of ketones is 1. The molecular weight excluding hydrogens is 248 g/mol. The lowest BCUT2D eigenvalue weighted by Gasteiger charge is -2.53. The molecule has 0 unspecified atom stereocenters. The molecule has 2 aliphatic carbocycles. The van der Waals surface area contributed by atoms with Crippen LogP contribution in [0.4, 0.5) is 0 Å². The second-order valence-corrected chi connectivity index (χ2v) is 5.68. The smallest absolute Gasteiger partial charge is 0.330 e. The van der Waals surface area contributed by atoms with Crippen molar-refractivity contribution >= 4 is 11.8 Å². The monoisotopic (exact) mass is 268 g/mol. The van der Waals surface area contributed by atoms with Crippen LogP contribution in [-0.2, 0) is 14.3 Å². The van der Waals surface area contributed by atoms with Crippen molar-refractivity contribution in [1.82, 2.24) is 0 Å². The van der Waals surface area contributed by atoms with Gasteiger partial charge in [-0.1, -0.05) is 0 Å². The van der Waals surface area contributed by atoms with Gasteiger partial charge in [0, 0.05) is 12.5 Å². The lowest BCUT2D eigenvalue weighted by atomic mass is 9.54. The van der Waals surface area contributed by atoms with E-state index in [1.807, 2.05) is 0 Å². The van der Waals surface area contributed by atoms with E-state index in [2.05, 4.69) is 4.74 Å². The fourth-order valence-electron chi connectivity index (χ4n) is 3.31. The number of hydrogen-bond donors (Lipinski definition) is 2. The molecule has 2 aliphatic rings. The van der Waals surface area contributed by atoms with Crippen molar-refractivity contribution in [2.45, 2.75) is 50.7 Å². The molecule has 0 saturated heterocycles. The quantitative estimate of drug-likeness (QED) is 0.541. The van der Waals surface area contributed by atoms with E-state index in [1.165, 1.54) is 13.2 Å². The summed E-state index contributed by atoms with van der Waals surface area (Å²) in [7, 11) is 1.26. The van der Waals surface area contributed by atoms with Gasteiger partial charge < -0.3 is 14.9 Å². The highest BCUT2D eigenvalue weighted by Gasteiger charge is 2.60. The van der Waals surface area contributed by atoms with E-state index in [9.17, 15) is 19.8 Å². The summed E-state index contributed by atoms with van der Waals surface area (Å²) < 4.78 is 4.54. The van der Waals surface area contributed by atoms with Crippen LogP contribution in [-0.4, -0.2) is 40.8 Å². The summed E-state index contributed by atoms with van der Waals surface area (Å²) >= 11 is 0. The van der Waals surface area contributed by atoms with Gasteiger partial charge in [-0.25, -0.2) is 4.79 Å². The number of Topliss-reactive ketones (excluding diaryl/α,β-unsaturated/α-hetero) is 1. The highest BCUT2D eigenvalue weighted by Crippen LogP contribution is 2.52. The molecule has 2 N–H and O–H groups in total. The van der Waals surface area contributed by atoms with Gasteiger partial charge >= 0.3 is 5.97 Å². The SMILES string of the molecule is COC(=O)/C=C1\CC[C@]2(C)C(=O)CCC[C@]2(O)[C@@H]1O. The number of ether oxygens (including phenoxy) is 1. The second-order valence-electron chi connectivity index (χ2n) is 5.68. The number of fused-ring (bicyclic) bond motifs is 1. The average molecular weight is 268 g/mol. The van der Waals surface area contributed by atoms with Crippen molar-refractivity contribution < 1.29 is 24.5 Å². The molecule has 5 heteroatoms. The van der Waals surface area contributed by atoms with Gasteiger partial charge in [0.25, 0.3) is 0 Å². The largest absolute Gasteiger partial charge is 0.466 e. The summed E-state index contributed by atoms with van der Waals surface area (Å²) in [5.41, 5.74) is -1.94. The van der Waals surface area contributed by atoms with Crippen molar-refractivity contribution in [3.63, 3.8) is 0 Å². The van der Waals surface area contributed by atoms with Gasteiger partial charge in [0.2, 0.25) is 0 Å². The normalized spacial score (nSPS) is 40.9. The van der Waals surface area contributed by atoms with Gasteiger partial charge in [-0.2, -0.15) is 0 Å². The first-order valence-corrected chi connectivity index (χ1v) is 6.57. The van der Waals surface area contributed by atoms with Gasteiger partial charge in [-0.15, -0.1) is 0 Å². The van der Waals surface area contributed by atoms with Crippen LogP contribution in [0.1, 0.15) is 39.0 Å². The molecule has 0 bridgehead atoms. The molecule has 3 atom stereocenters. The minimum Gasteiger partial charge on any atom is -0.466 e. The van der Waals surface area contributed by atoms with Crippen molar-refractivity contribution in [1.29, 1.82) is 0 Å². The third kappa shape index (κ3) is 2.01. The number of aliphatic hydroxyl groups excluding tert-OH is 1. The molecule has 0 aromatic carbocycles. The average Bonchev–Trinajstić information content (AvgIpc) is 2.38. The van der Waals surface area contributed by atoms with Crippen molar-refractivity contribution in [2.24, 2.45) is 5.41 Å². The maximum atomic E-state index is 12.1. The molecule has 2 rings (SSSR count). The van der Waals surface area contributed by atoms with E-state index in [0.29, 0.717) is 37.7 Å². The fraction of sp³-hybridized carbons (Fsp3) is 0.714. The zero-order chi connectivity index (χ0) is 14.3. The highest BCUT2D eigenvalue weighted by atomic mass is 16.5. The lowest BCUT2D eigenvalue weighted by molar-refractivity contribution is -0.185. The molecule has 0 amide bonds. The minimum atomic E-state index is -1.47. The summed E-state index contributed by atoms with van der Waals surface area (Å²) in [4.78, 5) is 23.4. The van der Waals surface area contributed by atoms with Crippen molar-refractivity contribution in [3.05, 3.63) is 11.6 Å². The predicted molar refractivity (Wildman–Crippen MR) is 67.3 cm³/mol. The van der Waals surface area contributed by atoms with Gasteiger partial charge in [-0.05, 0) is 38.2 Å². The van der Waals surface area contributed by atoms with Crippen LogP contribution < -0.4 is 0 Å².